The van der Waals surface area contributed by atoms with Crippen molar-refractivity contribution in [3.05, 3.63) is 34.6 Å². The quantitative estimate of drug-likeness (QED) is 0.691. The summed E-state index contributed by atoms with van der Waals surface area (Å²) in [6.07, 6.45) is 2.80. The fraction of sp³-hybridized carbons (Fsp3) is 0.400. The second-order valence-corrected chi connectivity index (χ2v) is 8.59. The van der Waals surface area contributed by atoms with Crippen molar-refractivity contribution in [1.82, 2.24) is 24.3 Å². The summed E-state index contributed by atoms with van der Waals surface area (Å²) in [5.74, 6) is 0.752. The van der Waals surface area contributed by atoms with Crippen molar-refractivity contribution >= 4 is 21.4 Å². The minimum Gasteiger partial charge on any atom is -0.419 e. The van der Waals surface area contributed by atoms with E-state index >= 15 is 0 Å². The number of aryl methyl sites for hydroxylation is 1. The Kier molecular flexibility index (Phi) is 3.97. The molecule has 1 atom stereocenters. The van der Waals surface area contributed by atoms with E-state index in [0.29, 0.717) is 30.4 Å². The molecule has 8 nitrogen and oxygen atoms in total. The predicted octanol–water partition coefficient (Wildman–Crippen LogP) is 2.37. The van der Waals surface area contributed by atoms with Crippen LogP contribution in [0.1, 0.15) is 30.5 Å². The number of aromatic nitrogens is 4. The molecule has 1 saturated heterocycles. The highest BCUT2D eigenvalue weighted by Crippen LogP contribution is 2.37. The minimum absolute atomic E-state index is 0.222. The van der Waals surface area contributed by atoms with Crippen LogP contribution in [0.5, 0.6) is 0 Å². The Balaban J connectivity index is 1.68. The topological polar surface area (TPSA) is 94.1 Å². The summed E-state index contributed by atoms with van der Waals surface area (Å²) in [5, 5.41) is 16.1. The lowest BCUT2D eigenvalue weighted by Gasteiger charge is -2.21. The van der Waals surface area contributed by atoms with Gasteiger partial charge in [-0.05, 0) is 31.2 Å². The average Bonchev–Trinajstić information content (AvgIpc) is 3.36. The number of rotatable bonds is 4. The first-order chi connectivity index (χ1) is 12.0. The highest BCUT2D eigenvalue weighted by Gasteiger charge is 2.40. The van der Waals surface area contributed by atoms with Gasteiger partial charge in [0.25, 0.3) is 0 Å². The largest absolute Gasteiger partial charge is 0.419 e. The van der Waals surface area contributed by atoms with E-state index in [1.807, 2.05) is 16.8 Å². The molecule has 0 N–H and O–H groups in total. The minimum atomic E-state index is -3.67. The Bertz CT molecular complexity index is 990. The normalized spacial score (nSPS) is 18.9. The summed E-state index contributed by atoms with van der Waals surface area (Å²) in [6, 6.07) is 1.45. The zero-order valence-electron chi connectivity index (χ0n) is 13.8. The van der Waals surface area contributed by atoms with Crippen LogP contribution in [-0.2, 0) is 17.1 Å². The van der Waals surface area contributed by atoms with Gasteiger partial charge in [0.2, 0.25) is 21.8 Å². The standard InChI is InChI=1S/C15H17N5O3S2/c1-10-13(8-16-19(10)2)25(21,22)20-6-3-4-12(20)15-18-17-14(23-15)11-5-7-24-9-11/h5,7-9,12H,3-4,6H2,1-2H3. The lowest BCUT2D eigenvalue weighted by molar-refractivity contribution is 0.332. The monoisotopic (exact) mass is 379 g/mol. The third-order valence-electron chi connectivity index (χ3n) is 4.47. The molecule has 4 rings (SSSR count). The van der Waals surface area contributed by atoms with Crippen LogP contribution in [0, 0.1) is 6.92 Å². The van der Waals surface area contributed by atoms with Crippen LogP contribution in [-0.4, -0.2) is 39.2 Å². The van der Waals surface area contributed by atoms with Crippen LogP contribution in [0.3, 0.4) is 0 Å². The molecule has 3 aromatic rings. The molecule has 0 amide bonds. The maximum atomic E-state index is 13.1. The first kappa shape index (κ1) is 16.4. The van der Waals surface area contributed by atoms with Crippen LogP contribution in [0.25, 0.3) is 11.5 Å². The molecule has 0 aliphatic carbocycles. The summed E-state index contributed by atoms with van der Waals surface area (Å²) in [5.41, 5.74) is 1.45. The van der Waals surface area contributed by atoms with Gasteiger partial charge in [-0.25, -0.2) is 8.42 Å². The molecule has 4 heterocycles. The molecule has 3 aromatic heterocycles. The van der Waals surface area contributed by atoms with Gasteiger partial charge in [-0.15, -0.1) is 10.2 Å². The zero-order chi connectivity index (χ0) is 17.6. The highest BCUT2D eigenvalue weighted by molar-refractivity contribution is 7.89. The van der Waals surface area contributed by atoms with E-state index in [9.17, 15) is 8.42 Å². The molecule has 0 spiro atoms. The van der Waals surface area contributed by atoms with Crippen LogP contribution in [0.15, 0.2) is 32.3 Å². The van der Waals surface area contributed by atoms with Gasteiger partial charge < -0.3 is 4.42 Å². The second-order valence-electron chi connectivity index (χ2n) is 5.95. The number of thiophene rings is 1. The molecule has 0 radical (unpaired) electrons. The van der Waals surface area contributed by atoms with E-state index in [-0.39, 0.29) is 4.90 Å². The van der Waals surface area contributed by atoms with E-state index in [4.69, 9.17) is 4.42 Å². The van der Waals surface area contributed by atoms with Crippen molar-refractivity contribution in [3.8, 4) is 11.5 Å². The van der Waals surface area contributed by atoms with Crippen molar-refractivity contribution < 1.29 is 12.8 Å². The van der Waals surface area contributed by atoms with Crippen LogP contribution >= 0.6 is 11.3 Å². The Hall–Kier alpha value is -2.04. The van der Waals surface area contributed by atoms with Crippen LogP contribution in [0.4, 0.5) is 0 Å². The maximum absolute atomic E-state index is 13.1. The van der Waals surface area contributed by atoms with Gasteiger partial charge in [0.15, 0.2) is 0 Å². The number of sulfonamides is 1. The van der Waals surface area contributed by atoms with E-state index < -0.39 is 16.1 Å². The Morgan fingerprint density at radius 3 is 2.88 bits per heavy atom. The average molecular weight is 379 g/mol. The van der Waals surface area contributed by atoms with E-state index in [1.165, 1.54) is 21.8 Å². The molecule has 25 heavy (non-hydrogen) atoms. The fourth-order valence-corrected chi connectivity index (χ4v) is 5.47. The summed E-state index contributed by atoms with van der Waals surface area (Å²) in [4.78, 5) is 0.222. The van der Waals surface area contributed by atoms with Crippen molar-refractivity contribution in [2.75, 3.05) is 6.54 Å². The number of nitrogens with zero attached hydrogens (tertiary/aromatic N) is 5. The van der Waals surface area contributed by atoms with E-state index in [2.05, 4.69) is 15.3 Å². The summed E-state index contributed by atoms with van der Waals surface area (Å²) in [7, 11) is -1.94. The lowest BCUT2D eigenvalue weighted by Crippen LogP contribution is -2.31. The van der Waals surface area contributed by atoms with Crippen LogP contribution in [0.2, 0.25) is 0 Å². The Labute approximate surface area is 149 Å². The first-order valence-electron chi connectivity index (χ1n) is 7.85. The van der Waals surface area contributed by atoms with Gasteiger partial charge in [0, 0.05) is 24.5 Å². The van der Waals surface area contributed by atoms with Gasteiger partial charge in [0.05, 0.1) is 11.9 Å². The van der Waals surface area contributed by atoms with Crippen molar-refractivity contribution in [2.45, 2.75) is 30.7 Å². The van der Waals surface area contributed by atoms with Gasteiger partial charge in [-0.2, -0.15) is 20.7 Å². The molecule has 10 heteroatoms. The van der Waals surface area contributed by atoms with Crippen molar-refractivity contribution in [2.24, 2.45) is 7.05 Å². The van der Waals surface area contributed by atoms with E-state index in [1.54, 1.807) is 18.7 Å². The summed E-state index contributed by atoms with van der Waals surface area (Å²) >= 11 is 1.54. The molecule has 1 aliphatic rings. The van der Waals surface area contributed by atoms with Crippen molar-refractivity contribution in [1.29, 1.82) is 0 Å². The summed E-state index contributed by atoms with van der Waals surface area (Å²) in [6.45, 7) is 2.17. The zero-order valence-corrected chi connectivity index (χ0v) is 15.4. The third kappa shape index (κ3) is 2.70. The van der Waals surface area contributed by atoms with Crippen LogP contribution < -0.4 is 0 Å². The lowest BCUT2D eigenvalue weighted by atomic mass is 10.2. The van der Waals surface area contributed by atoms with Gasteiger partial charge in [0.1, 0.15) is 10.9 Å². The third-order valence-corrected chi connectivity index (χ3v) is 7.17. The fourth-order valence-electron chi connectivity index (χ4n) is 3.00. The number of hydrogen-bond donors (Lipinski definition) is 0. The Morgan fingerprint density at radius 2 is 2.20 bits per heavy atom. The summed E-state index contributed by atoms with van der Waals surface area (Å²) < 4.78 is 34.9. The van der Waals surface area contributed by atoms with Crippen molar-refractivity contribution in [3.63, 3.8) is 0 Å². The maximum Gasteiger partial charge on any atom is 0.248 e. The molecule has 132 valence electrons. The Morgan fingerprint density at radius 1 is 1.36 bits per heavy atom. The molecule has 0 bridgehead atoms. The molecule has 1 fully saturated rings. The predicted molar refractivity (Wildman–Crippen MR) is 91.4 cm³/mol. The second kappa shape index (κ2) is 6.04. The molecule has 0 saturated carbocycles. The molecule has 1 aliphatic heterocycles. The molecule has 0 aromatic carbocycles. The van der Waals surface area contributed by atoms with Gasteiger partial charge in [-0.3, -0.25) is 4.68 Å². The highest BCUT2D eigenvalue weighted by atomic mass is 32.2. The first-order valence-corrected chi connectivity index (χ1v) is 10.2. The molecular weight excluding hydrogens is 362 g/mol. The smallest absolute Gasteiger partial charge is 0.248 e. The van der Waals surface area contributed by atoms with Gasteiger partial charge in [-0.1, -0.05) is 0 Å². The molecular formula is C15H17N5O3S2. The van der Waals surface area contributed by atoms with E-state index in [0.717, 1.165) is 12.0 Å². The molecule has 1 unspecified atom stereocenters. The number of hydrogen-bond acceptors (Lipinski definition) is 7. The van der Waals surface area contributed by atoms with Gasteiger partial charge >= 0.3 is 0 Å². The SMILES string of the molecule is Cc1c(S(=O)(=O)N2CCCC2c2nnc(-c3ccsc3)o2)cnn1C.